The standard InChI is InChI=1S/C18H16N2O2/c21-18(17-6-9-19-10-7-17)20(13-16-8-11-22-14-16)12-15-4-2-1-3-5-15/h1-11,14H,12-13H2. The Morgan fingerprint density at radius 2 is 1.68 bits per heavy atom. The third kappa shape index (κ3) is 3.41. The summed E-state index contributed by atoms with van der Waals surface area (Å²) in [4.78, 5) is 18.5. The van der Waals surface area contributed by atoms with Crippen LogP contribution in [0.1, 0.15) is 21.5 Å². The SMILES string of the molecule is O=C(c1ccncc1)N(Cc1ccccc1)Cc1ccoc1. The number of benzene rings is 1. The Bertz CT molecular complexity index is 709. The van der Waals surface area contributed by atoms with E-state index >= 15 is 0 Å². The Morgan fingerprint density at radius 1 is 0.955 bits per heavy atom. The molecule has 0 bridgehead atoms. The maximum absolute atomic E-state index is 12.7. The maximum atomic E-state index is 12.7. The summed E-state index contributed by atoms with van der Waals surface area (Å²) < 4.78 is 5.10. The van der Waals surface area contributed by atoms with E-state index in [-0.39, 0.29) is 5.91 Å². The van der Waals surface area contributed by atoms with Gasteiger partial charge in [-0.15, -0.1) is 0 Å². The highest BCUT2D eigenvalue weighted by atomic mass is 16.3. The molecular formula is C18H16N2O2. The molecule has 0 aliphatic rings. The van der Waals surface area contributed by atoms with E-state index in [1.807, 2.05) is 36.4 Å². The van der Waals surface area contributed by atoms with Crippen LogP contribution in [-0.4, -0.2) is 15.8 Å². The van der Waals surface area contributed by atoms with E-state index in [1.54, 1.807) is 42.0 Å². The van der Waals surface area contributed by atoms with Crippen LogP contribution in [0, 0.1) is 0 Å². The highest BCUT2D eigenvalue weighted by Crippen LogP contribution is 2.14. The number of hydrogen-bond donors (Lipinski definition) is 0. The number of carbonyl (C=O) groups is 1. The minimum atomic E-state index is -0.0209. The second kappa shape index (κ2) is 6.72. The normalized spacial score (nSPS) is 10.4. The van der Waals surface area contributed by atoms with Gasteiger partial charge in [0.1, 0.15) is 0 Å². The molecule has 0 N–H and O–H groups in total. The fourth-order valence-corrected chi connectivity index (χ4v) is 2.28. The van der Waals surface area contributed by atoms with Crippen LogP contribution >= 0.6 is 0 Å². The summed E-state index contributed by atoms with van der Waals surface area (Å²) in [5.74, 6) is -0.0209. The zero-order valence-corrected chi connectivity index (χ0v) is 12.1. The molecule has 1 aromatic carbocycles. The van der Waals surface area contributed by atoms with Gasteiger partial charge in [0, 0.05) is 36.6 Å². The van der Waals surface area contributed by atoms with Crippen LogP contribution in [0.15, 0.2) is 77.9 Å². The van der Waals surface area contributed by atoms with Crippen LogP contribution in [0.3, 0.4) is 0 Å². The summed E-state index contributed by atoms with van der Waals surface area (Å²) in [6, 6.07) is 15.3. The van der Waals surface area contributed by atoms with Crippen molar-refractivity contribution in [3.63, 3.8) is 0 Å². The summed E-state index contributed by atoms with van der Waals surface area (Å²) in [6.07, 6.45) is 6.54. The molecule has 110 valence electrons. The first-order chi connectivity index (χ1) is 10.8. The largest absolute Gasteiger partial charge is 0.472 e. The van der Waals surface area contributed by atoms with Crippen molar-refractivity contribution in [1.29, 1.82) is 0 Å². The smallest absolute Gasteiger partial charge is 0.254 e. The van der Waals surface area contributed by atoms with E-state index in [9.17, 15) is 4.79 Å². The molecule has 4 nitrogen and oxygen atoms in total. The Balaban J connectivity index is 1.84. The lowest BCUT2D eigenvalue weighted by molar-refractivity contribution is 0.0729. The molecule has 0 spiro atoms. The highest BCUT2D eigenvalue weighted by Gasteiger charge is 2.17. The summed E-state index contributed by atoms with van der Waals surface area (Å²) >= 11 is 0. The molecule has 3 rings (SSSR count). The molecule has 0 saturated heterocycles. The number of carbonyl (C=O) groups excluding carboxylic acids is 1. The maximum Gasteiger partial charge on any atom is 0.254 e. The van der Waals surface area contributed by atoms with Crippen molar-refractivity contribution in [2.45, 2.75) is 13.1 Å². The third-order valence-electron chi connectivity index (χ3n) is 3.38. The first-order valence-electron chi connectivity index (χ1n) is 7.07. The number of nitrogens with zero attached hydrogens (tertiary/aromatic N) is 2. The lowest BCUT2D eigenvalue weighted by atomic mass is 10.1. The number of aromatic nitrogens is 1. The van der Waals surface area contributed by atoms with Crippen molar-refractivity contribution in [3.8, 4) is 0 Å². The van der Waals surface area contributed by atoms with Gasteiger partial charge in [-0.1, -0.05) is 30.3 Å². The second-order valence-electron chi connectivity index (χ2n) is 5.01. The van der Waals surface area contributed by atoms with Crippen molar-refractivity contribution in [1.82, 2.24) is 9.88 Å². The molecule has 0 aliphatic heterocycles. The van der Waals surface area contributed by atoms with E-state index < -0.39 is 0 Å². The number of amides is 1. The van der Waals surface area contributed by atoms with Crippen LogP contribution in [0.2, 0.25) is 0 Å². The van der Waals surface area contributed by atoms with Gasteiger partial charge in [-0.05, 0) is 23.8 Å². The van der Waals surface area contributed by atoms with Crippen molar-refractivity contribution in [2.24, 2.45) is 0 Å². The quantitative estimate of drug-likeness (QED) is 0.723. The van der Waals surface area contributed by atoms with Gasteiger partial charge >= 0.3 is 0 Å². The van der Waals surface area contributed by atoms with Gasteiger partial charge in [0.05, 0.1) is 12.5 Å². The molecule has 3 aromatic rings. The number of rotatable bonds is 5. The van der Waals surface area contributed by atoms with Crippen LogP contribution in [0.25, 0.3) is 0 Å². The molecule has 0 saturated carbocycles. The average Bonchev–Trinajstić information content (AvgIpc) is 3.08. The summed E-state index contributed by atoms with van der Waals surface area (Å²) in [5, 5.41) is 0. The van der Waals surface area contributed by atoms with Gasteiger partial charge in [-0.2, -0.15) is 0 Å². The minimum Gasteiger partial charge on any atom is -0.472 e. The summed E-state index contributed by atoms with van der Waals surface area (Å²) in [6.45, 7) is 1.06. The Morgan fingerprint density at radius 3 is 2.36 bits per heavy atom. The van der Waals surface area contributed by atoms with Crippen molar-refractivity contribution in [3.05, 3.63) is 90.1 Å². The monoisotopic (exact) mass is 292 g/mol. The fourth-order valence-electron chi connectivity index (χ4n) is 2.28. The lowest BCUT2D eigenvalue weighted by Crippen LogP contribution is -2.30. The molecular weight excluding hydrogens is 276 g/mol. The van der Waals surface area contributed by atoms with E-state index in [0.717, 1.165) is 11.1 Å². The molecule has 2 aromatic heterocycles. The fraction of sp³-hybridized carbons (Fsp3) is 0.111. The molecule has 1 amide bonds. The van der Waals surface area contributed by atoms with Crippen molar-refractivity contribution >= 4 is 5.91 Å². The van der Waals surface area contributed by atoms with E-state index in [2.05, 4.69) is 4.98 Å². The van der Waals surface area contributed by atoms with Crippen molar-refractivity contribution < 1.29 is 9.21 Å². The van der Waals surface area contributed by atoms with Crippen LogP contribution in [-0.2, 0) is 13.1 Å². The molecule has 22 heavy (non-hydrogen) atoms. The molecule has 0 unspecified atom stereocenters. The third-order valence-corrected chi connectivity index (χ3v) is 3.38. The van der Waals surface area contributed by atoms with Crippen LogP contribution in [0.4, 0.5) is 0 Å². The summed E-state index contributed by atoms with van der Waals surface area (Å²) in [7, 11) is 0. The molecule has 4 heteroatoms. The van der Waals surface area contributed by atoms with Gasteiger partial charge in [-0.3, -0.25) is 9.78 Å². The number of hydrogen-bond acceptors (Lipinski definition) is 3. The molecule has 0 atom stereocenters. The van der Waals surface area contributed by atoms with E-state index in [0.29, 0.717) is 18.7 Å². The van der Waals surface area contributed by atoms with Gasteiger partial charge < -0.3 is 9.32 Å². The lowest BCUT2D eigenvalue weighted by Gasteiger charge is -2.22. The summed E-state index contributed by atoms with van der Waals surface area (Å²) in [5.41, 5.74) is 2.70. The second-order valence-corrected chi connectivity index (χ2v) is 5.01. The van der Waals surface area contributed by atoms with Crippen LogP contribution in [0.5, 0.6) is 0 Å². The molecule has 0 aliphatic carbocycles. The molecule has 2 heterocycles. The number of furan rings is 1. The van der Waals surface area contributed by atoms with Gasteiger partial charge in [0.25, 0.3) is 5.91 Å². The Kier molecular flexibility index (Phi) is 4.30. The van der Waals surface area contributed by atoms with Gasteiger partial charge in [0.2, 0.25) is 0 Å². The molecule has 0 fully saturated rings. The first-order valence-corrected chi connectivity index (χ1v) is 7.07. The topological polar surface area (TPSA) is 46.3 Å². The Labute approximate surface area is 129 Å². The molecule has 0 radical (unpaired) electrons. The highest BCUT2D eigenvalue weighted by molar-refractivity contribution is 5.94. The average molecular weight is 292 g/mol. The Hall–Kier alpha value is -2.88. The van der Waals surface area contributed by atoms with Crippen LogP contribution < -0.4 is 0 Å². The van der Waals surface area contributed by atoms with Crippen molar-refractivity contribution in [2.75, 3.05) is 0 Å². The van der Waals surface area contributed by atoms with E-state index in [4.69, 9.17) is 4.42 Å². The first kappa shape index (κ1) is 14.1. The van der Waals surface area contributed by atoms with Gasteiger partial charge in [0.15, 0.2) is 0 Å². The predicted octanol–water partition coefficient (Wildman–Crippen LogP) is 3.52. The van der Waals surface area contributed by atoms with E-state index in [1.165, 1.54) is 0 Å². The minimum absolute atomic E-state index is 0.0209. The zero-order valence-electron chi connectivity index (χ0n) is 12.1. The zero-order chi connectivity index (χ0) is 15.2. The number of pyridine rings is 1. The van der Waals surface area contributed by atoms with Gasteiger partial charge in [-0.25, -0.2) is 0 Å². The predicted molar refractivity (Wildman–Crippen MR) is 83.0 cm³/mol.